The number of aromatic nitrogens is 3. The summed E-state index contributed by atoms with van der Waals surface area (Å²) in [6.07, 6.45) is 4.69. The van der Waals surface area contributed by atoms with Crippen molar-refractivity contribution in [1.29, 1.82) is 0 Å². The lowest BCUT2D eigenvalue weighted by Gasteiger charge is -2.18. The van der Waals surface area contributed by atoms with Crippen LogP contribution in [0.2, 0.25) is 0 Å². The van der Waals surface area contributed by atoms with E-state index in [1.165, 1.54) is 19.3 Å². The van der Waals surface area contributed by atoms with Gasteiger partial charge in [-0.25, -0.2) is 4.99 Å². The molecule has 29 heavy (non-hydrogen) atoms. The Balaban J connectivity index is 0.00000300. The Hall–Kier alpha value is -1.84. The van der Waals surface area contributed by atoms with Crippen molar-refractivity contribution < 1.29 is 4.74 Å². The first kappa shape index (κ1) is 23.4. The van der Waals surface area contributed by atoms with Gasteiger partial charge < -0.3 is 19.9 Å². The molecule has 2 heterocycles. The van der Waals surface area contributed by atoms with Gasteiger partial charge in [0.2, 0.25) is 0 Å². The van der Waals surface area contributed by atoms with E-state index >= 15 is 0 Å². The second-order valence-electron chi connectivity index (χ2n) is 7.26. The summed E-state index contributed by atoms with van der Waals surface area (Å²) in [4.78, 5) is 4.71. The number of hydrogen-bond acceptors (Lipinski definition) is 4. The third kappa shape index (κ3) is 6.87. The summed E-state index contributed by atoms with van der Waals surface area (Å²) in [6, 6.07) is 8.08. The monoisotopic (exact) mass is 512 g/mol. The number of hydrogen-bond donors (Lipinski definition) is 2. The van der Waals surface area contributed by atoms with Crippen LogP contribution in [0.25, 0.3) is 0 Å². The van der Waals surface area contributed by atoms with Gasteiger partial charge in [0.1, 0.15) is 24.2 Å². The second kappa shape index (κ2) is 12.0. The van der Waals surface area contributed by atoms with Crippen molar-refractivity contribution in [1.82, 2.24) is 25.4 Å². The highest BCUT2D eigenvalue weighted by Gasteiger charge is 2.14. The number of aryl methyl sites for hydroxylation is 2. The molecular weight excluding hydrogens is 479 g/mol. The number of benzene rings is 1. The first-order valence-electron chi connectivity index (χ1n) is 10.3. The van der Waals surface area contributed by atoms with Crippen LogP contribution in [0, 0.1) is 6.92 Å². The third-order valence-corrected chi connectivity index (χ3v) is 4.89. The van der Waals surface area contributed by atoms with E-state index in [1.807, 2.05) is 18.2 Å². The molecule has 160 valence electrons. The Morgan fingerprint density at radius 3 is 2.83 bits per heavy atom. The van der Waals surface area contributed by atoms with E-state index in [1.54, 1.807) is 0 Å². The van der Waals surface area contributed by atoms with Crippen LogP contribution in [0.4, 0.5) is 0 Å². The minimum Gasteiger partial charge on any atom is -0.489 e. The summed E-state index contributed by atoms with van der Waals surface area (Å²) >= 11 is 0. The van der Waals surface area contributed by atoms with Gasteiger partial charge in [-0.2, -0.15) is 0 Å². The normalized spacial score (nSPS) is 14.9. The van der Waals surface area contributed by atoms with E-state index in [9.17, 15) is 0 Å². The second-order valence-corrected chi connectivity index (χ2v) is 7.26. The average molecular weight is 512 g/mol. The molecule has 2 aromatic rings. The maximum absolute atomic E-state index is 6.04. The summed E-state index contributed by atoms with van der Waals surface area (Å²) in [6.45, 7) is 9.17. The van der Waals surface area contributed by atoms with Crippen molar-refractivity contribution >= 4 is 29.9 Å². The number of fused-ring (bicyclic) bond motifs is 1. The smallest absolute Gasteiger partial charge is 0.191 e. The van der Waals surface area contributed by atoms with Gasteiger partial charge in [-0.3, -0.25) is 0 Å². The molecule has 0 fully saturated rings. The zero-order chi connectivity index (χ0) is 19.8. The predicted molar refractivity (Wildman–Crippen MR) is 127 cm³/mol. The third-order valence-electron chi connectivity index (χ3n) is 4.89. The predicted octanol–water partition coefficient (Wildman–Crippen LogP) is 3.45. The molecule has 0 spiro atoms. The van der Waals surface area contributed by atoms with Crippen LogP contribution < -0.4 is 15.4 Å². The molecule has 1 aromatic heterocycles. The number of nitrogens with zero attached hydrogens (tertiary/aromatic N) is 4. The molecule has 1 aliphatic heterocycles. The van der Waals surface area contributed by atoms with Gasteiger partial charge in [-0.05, 0) is 45.2 Å². The maximum atomic E-state index is 6.04. The summed E-state index contributed by atoms with van der Waals surface area (Å²) in [5.74, 6) is 3.73. The van der Waals surface area contributed by atoms with Crippen LogP contribution in [-0.2, 0) is 19.5 Å². The number of para-hydroxylation sites is 1. The number of aliphatic imine (C=N–C) groups is 1. The molecule has 0 aliphatic carbocycles. The van der Waals surface area contributed by atoms with Crippen molar-refractivity contribution in [2.75, 3.05) is 13.1 Å². The van der Waals surface area contributed by atoms with Crippen LogP contribution >= 0.6 is 24.0 Å². The molecule has 3 rings (SSSR count). The lowest BCUT2D eigenvalue weighted by atomic mass is 10.2. The fourth-order valence-electron chi connectivity index (χ4n) is 3.34. The van der Waals surface area contributed by atoms with Crippen molar-refractivity contribution in [3.8, 4) is 5.75 Å². The zero-order valence-electron chi connectivity index (χ0n) is 17.6. The molecule has 7 nitrogen and oxygen atoms in total. The number of nitrogens with one attached hydrogen (secondary N) is 2. The van der Waals surface area contributed by atoms with Gasteiger partial charge in [0.15, 0.2) is 11.8 Å². The minimum atomic E-state index is 0. The Morgan fingerprint density at radius 1 is 1.21 bits per heavy atom. The molecule has 8 heteroatoms. The quantitative estimate of drug-likeness (QED) is 0.338. The highest BCUT2D eigenvalue weighted by atomic mass is 127. The maximum Gasteiger partial charge on any atom is 0.191 e. The molecule has 0 radical (unpaired) electrons. The number of ether oxygens (including phenoxy) is 1. The molecule has 1 unspecified atom stereocenters. The van der Waals surface area contributed by atoms with E-state index in [0.29, 0.717) is 13.1 Å². The Morgan fingerprint density at radius 2 is 2.03 bits per heavy atom. The average Bonchev–Trinajstić information content (AvgIpc) is 2.92. The molecule has 0 amide bonds. The van der Waals surface area contributed by atoms with E-state index in [0.717, 1.165) is 48.4 Å². The molecule has 1 atom stereocenters. The summed E-state index contributed by atoms with van der Waals surface area (Å²) in [5.41, 5.74) is 1.14. The summed E-state index contributed by atoms with van der Waals surface area (Å²) < 4.78 is 8.28. The lowest BCUT2D eigenvalue weighted by molar-refractivity contribution is 0.222. The largest absolute Gasteiger partial charge is 0.489 e. The Labute approximate surface area is 190 Å². The topological polar surface area (TPSA) is 76.4 Å². The van der Waals surface area contributed by atoms with Crippen LogP contribution in [0.1, 0.15) is 50.3 Å². The SMILES string of the molecule is CCNC(=NCc1nnc2n1CCCCC2)NCC(C)Oc1ccccc1C.I. The van der Waals surface area contributed by atoms with Crippen LogP contribution in [0.3, 0.4) is 0 Å². The number of rotatable bonds is 7. The van der Waals surface area contributed by atoms with Gasteiger partial charge in [0, 0.05) is 19.5 Å². The first-order valence-corrected chi connectivity index (χ1v) is 10.3. The fourth-order valence-corrected chi connectivity index (χ4v) is 3.34. The summed E-state index contributed by atoms with van der Waals surface area (Å²) in [7, 11) is 0. The Kier molecular flexibility index (Phi) is 9.69. The van der Waals surface area contributed by atoms with Crippen molar-refractivity contribution in [2.24, 2.45) is 4.99 Å². The first-order chi connectivity index (χ1) is 13.7. The standard InChI is InChI=1S/C21H32N6O.HI/c1-4-22-21(23-14-17(3)28-18-11-8-7-10-16(18)2)24-15-20-26-25-19-12-6-5-9-13-27(19)20;/h7-8,10-11,17H,4-6,9,12-15H2,1-3H3,(H2,22,23,24);1H. The fraction of sp³-hybridized carbons (Fsp3) is 0.571. The van der Waals surface area contributed by atoms with Crippen LogP contribution in [0.5, 0.6) is 5.75 Å². The van der Waals surface area contributed by atoms with Crippen molar-refractivity contribution in [2.45, 2.75) is 65.6 Å². The molecule has 2 N–H and O–H groups in total. The molecule has 1 aromatic carbocycles. The van der Waals surface area contributed by atoms with Gasteiger partial charge in [0.05, 0.1) is 6.54 Å². The summed E-state index contributed by atoms with van der Waals surface area (Å²) in [5, 5.41) is 15.4. The minimum absolute atomic E-state index is 0. The molecule has 0 bridgehead atoms. The van der Waals surface area contributed by atoms with E-state index < -0.39 is 0 Å². The van der Waals surface area contributed by atoms with E-state index in [-0.39, 0.29) is 30.1 Å². The van der Waals surface area contributed by atoms with Crippen molar-refractivity contribution in [3.05, 3.63) is 41.5 Å². The van der Waals surface area contributed by atoms with E-state index in [4.69, 9.17) is 9.73 Å². The Bertz CT molecular complexity index is 791. The van der Waals surface area contributed by atoms with Gasteiger partial charge in [-0.1, -0.05) is 24.6 Å². The highest BCUT2D eigenvalue weighted by molar-refractivity contribution is 14.0. The molecule has 1 aliphatic rings. The highest BCUT2D eigenvalue weighted by Crippen LogP contribution is 2.17. The number of halogens is 1. The molecular formula is C21H33IN6O. The van der Waals surface area contributed by atoms with Crippen LogP contribution in [-0.4, -0.2) is 39.9 Å². The zero-order valence-corrected chi connectivity index (χ0v) is 20.0. The number of guanidine groups is 1. The molecule has 0 saturated carbocycles. The van der Waals surface area contributed by atoms with Gasteiger partial charge >= 0.3 is 0 Å². The van der Waals surface area contributed by atoms with Crippen molar-refractivity contribution in [3.63, 3.8) is 0 Å². The van der Waals surface area contributed by atoms with Gasteiger partial charge in [-0.15, -0.1) is 34.2 Å². The lowest BCUT2D eigenvalue weighted by Crippen LogP contribution is -2.41. The van der Waals surface area contributed by atoms with E-state index in [2.05, 4.69) is 52.2 Å². The van der Waals surface area contributed by atoms with Crippen LogP contribution in [0.15, 0.2) is 29.3 Å². The molecule has 0 saturated heterocycles. The van der Waals surface area contributed by atoms with Gasteiger partial charge in [0.25, 0.3) is 0 Å².